The van der Waals surface area contributed by atoms with Crippen LogP contribution >= 0.6 is 11.6 Å². The Balaban J connectivity index is 2.70. The van der Waals surface area contributed by atoms with Crippen LogP contribution in [0, 0.1) is 10.1 Å². The second-order valence-corrected chi connectivity index (χ2v) is 4.92. The monoisotopic (exact) mass is 310 g/mol. The zero-order valence-corrected chi connectivity index (χ0v) is 12.7. The van der Waals surface area contributed by atoms with Gasteiger partial charge in [0.05, 0.1) is 23.5 Å². The van der Waals surface area contributed by atoms with Crippen molar-refractivity contribution in [2.45, 2.75) is 25.8 Å². The Morgan fingerprint density at radius 1 is 1.43 bits per heavy atom. The van der Waals surface area contributed by atoms with Crippen LogP contribution in [-0.2, 0) is 5.88 Å². The maximum Gasteiger partial charge on any atom is 0.311 e. The fourth-order valence-corrected chi connectivity index (χ4v) is 2.38. The van der Waals surface area contributed by atoms with Gasteiger partial charge in [0.15, 0.2) is 5.82 Å². The smallest absolute Gasteiger partial charge is 0.311 e. The maximum atomic E-state index is 11.1. The third-order valence-corrected chi connectivity index (χ3v) is 3.28. The lowest BCUT2D eigenvalue weighted by Crippen LogP contribution is -2.08. The highest BCUT2D eigenvalue weighted by atomic mass is 35.5. The lowest BCUT2D eigenvalue weighted by Gasteiger charge is -2.14. The molecule has 7 nitrogen and oxygen atoms in total. The van der Waals surface area contributed by atoms with Gasteiger partial charge in [-0.15, -0.1) is 21.8 Å². The highest BCUT2D eigenvalue weighted by Gasteiger charge is 2.24. The molecule has 2 aromatic rings. The summed E-state index contributed by atoms with van der Waals surface area (Å²) in [5, 5.41) is 19.3. The summed E-state index contributed by atoms with van der Waals surface area (Å²) in [6.45, 7) is 3.93. The summed E-state index contributed by atoms with van der Waals surface area (Å²) >= 11 is 5.87. The van der Waals surface area contributed by atoms with Gasteiger partial charge in [0.25, 0.3) is 0 Å². The van der Waals surface area contributed by atoms with Crippen molar-refractivity contribution >= 4 is 17.3 Å². The van der Waals surface area contributed by atoms with E-state index in [0.29, 0.717) is 17.2 Å². The molecule has 0 unspecified atom stereocenters. The Morgan fingerprint density at radius 3 is 2.67 bits per heavy atom. The molecule has 2 rings (SSSR count). The van der Waals surface area contributed by atoms with Gasteiger partial charge in [-0.1, -0.05) is 6.07 Å². The van der Waals surface area contributed by atoms with E-state index >= 15 is 0 Å². The van der Waals surface area contributed by atoms with E-state index in [-0.39, 0.29) is 23.4 Å². The quantitative estimate of drug-likeness (QED) is 0.481. The largest absolute Gasteiger partial charge is 0.490 e. The fraction of sp³-hybridized carbons (Fsp3) is 0.385. The van der Waals surface area contributed by atoms with Crippen molar-refractivity contribution in [1.82, 2.24) is 14.8 Å². The molecular formula is C13H15ClN4O3. The van der Waals surface area contributed by atoms with E-state index in [4.69, 9.17) is 16.3 Å². The van der Waals surface area contributed by atoms with Crippen molar-refractivity contribution in [3.05, 3.63) is 34.1 Å². The normalized spacial score (nSPS) is 10.9. The van der Waals surface area contributed by atoms with Gasteiger partial charge in [-0.3, -0.25) is 10.1 Å². The summed E-state index contributed by atoms with van der Waals surface area (Å²) in [5.74, 6) is 1.48. The van der Waals surface area contributed by atoms with Crippen LogP contribution in [0.3, 0.4) is 0 Å². The first kappa shape index (κ1) is 15.2. The second kappa shape index (κ2) is 6.09. The number of nitro groups is 1. The molecule has 1 heterocycles. The van der Waals surface area contributed by atoms with E-state index in [0.717, 1.165) is 0 Å². The Kier molecular flexibility index (Phi) is 4.42. The summed E-state index contributed by atoms with van der Waals surface area (Å²) in [4.78, 5) is 10.6. The summed E-state index contributed by atoms with van der Waals surface area (Å²) < 4.78 is 7.06. The van der Waals surface area contributed by atoms with Crippen LogP contribution in [-0.4, -0.2) is 26.8 Å². The molecule has 0 fully saturated rings. The summed E-state index contributed by atoms with van der Waals surface area (Å²) in [6.07, 6.45) is 0. The van der Waals surface area contributed by atoms with E-state index in [1.165, 1.54) is 13.2 Å². The minimum absolute atomic E-state index is 0.0627. The third kappa shape index (κ3) is 2.69. The standard InChI is InChI=1S/C13H15ClN4O3/c1-8(2)17-11(7-14)15-16-13(17)9-5-4-6-10(18(19)20)12(9)21-3/h4-6,8H,7H2,1-3H3. The van der Waals surface area contributed by atoms with Crippen LogP contribution in [0.4, 0.5) is 5.69 Å². The number of halogens is 1. The van der Waals surface area contributed by atoms with Crippen LogP contribution in [0.2, 0.25) is 0 Å². The van der Waals surface area contributed by atoms with Crippen LogP contribution in [0.25, 0.3) is 11.4 Å². The van der Waals surface area contributed by atoms with Gasteiger partial charge in [-0.05, 0) is 19.9 Å². The molecule has 0 spiro atoms. The van der Waals surface area contributed by atoms with E-state index in [1.807, 2.05) is 18.4 Å². The SMILES string of the molecule is COc1c(-c2nnc(CCl)n2C(C)C)cccc1[N+](=O)[O-]. The molecule has 1 aromatic heterocycles. The highest BCUT2D eigenvalue weighted by molar-refractivity contribution is 6.16. The number of rotatable bonds is 5. The summed E-state index contributed by atoms with van der Waals surface area (Å²) in [5.41, 5.74) is 0.407. The molecule has 0 aliphatic carbocycles. The average Bonchev–Trinajstić information content (AvgIpc) is 2.90. The molecule has 112 valence electrons. The lowest BCUT2D eigenvalue weighted by atomic mass is 10.1. The van der Waals surface area contributed by atoms with Gasteiger partial charge in [0.2, 0.25) is 5.75 Å². The number of hydrogen-bond donors (Lipinski definition) is 0. The number of aromatic nitrogens is 3. The van der Waals surface area contributed by atoms with Gasteiger partial charge < -0.3 is 9.30 Å². The molecule has 0 aliphatic heterocycles. The summed E-state index contributed by atoms with van der Waals surface area (Å²) in [7, 11) is 1.39. The molecule has 0 saturated heterocycles. The van der Waals surface area contributed by atoms with Crippen molar-refractivity contribution in [2.75, 3.05) is 7.11 Å². The first-order valence-electron chi connectivity index (χ1n) is 6.32. The molecule has 0 amide bonds. The van der Waals surface area contributed by atoms with Gasteiger partial charge in [-0.25, -0.2) is 0 Å². The van der Waals surface area contributed by atoms with Gasteiger partial charge in [0, 0.05) is 12.1 Å². The van der Waals surface area contributed by atoms with E-state index < -0.39 is 4.92 Å². The molecule has 1 aromatic carbocycles. The Hall–Kier alpha value is -2.15. The fourth-order valence-electron chi connectivity index (χ4n) is 2.20. The molecular weight excluding hydrogens is 296 g/mol. The van der Waals surface area contributed by atoms with E-state index in [2.05, 4.69) is 10.2 Å². The summed E-state index contributed by atoms with van der Waals surface area (Å²) in [6, 6.07) is 4.76. The van der Waals surface area contributed by atoms with Crippen LogP contribution in [0.15, 0.2) is 18.2 Å². The predicted octanol–water partition coefficient (Wildman–Crippen LogP) is 3.18. The van der Waals surface area contributed by atoms with Crippen LogP contribution < -0.4 is 4.74 Å². The van der Waals surface area contributed by atoms with Gasteiger partial charge in [0.1, 0.15) is 5.82 Å². The van der Waals surface area contributed by atoms with Crippen LogP contribution in [0.1, 0.15) is 25.7 Å². The first-order chi connectivity index (χ1) is 10.0. The van der Waals surface area contributed by atoms with Gasteiger partial charge >= 0.3 is 5.69 Å². The van der Waals surface area contributed by atoms with E-state index in [9.17, 15) is 10.1 Å². The number of para-hydroxylation sites is 1. The Bertz CT molecular complexity index is 669. The molecule has 0 N–H and O–H groups in total. The number of nitro benzene ring substituents is 1. The molecule has 0 atom stereocenters. The maximum absolute atomic E-state index is 11.1. The number of hydrogen-bond acceptors (Lipinski definition) is 5. The average molecular weight is 311 g/mol. The topological polar surface area (TPSA) is 83.1 Å². The number of alkyl halides is 1. The van der Waals surface area contributed by atoms with Crippen molar-refractivity contribution in [1.29, 1.82) is 0 Å². The van der Waals surface area contributed by atoms with Gasteiger partial charge in [-0.2, -0.15) is 0 Å². The van der Waals surface area contributed by atoms with Crippen molar-refractivity contribution in [3.8, 4) is 17.1 Å². The lowest BCUT2D eigenvalue weighted by molar-refractivity contribution is -0.385. The molecule has 8 heteroatoms. The Morgan fingerprint density at radius 2 is 2.14 bits per heavy atom. The van der Waals surface area contributed by atoms with Crippen molar-refractivity contribution in [2.24, 2.45) is 0 Å². The van der Waals surface area contributed by atoms with E-state index in [1.54, 1.807) is 12.1 Å². The molecule has 0 aliphatic rings. The number of benzene rings is 1. The molecule has 0 bridgehead atoms. The second-order valence-electron chi connectivity index (χ2n) is 4.65. The predicted molar refractivity (Wildman–Crippen MR) is 78.6 cm³/mol. The molecule has 21 heavy (non-hydrogen) atoms. The van der Waals surface area contributed by atoms with Crippen molar-refractivity contribution in [3.63, 3.8) is 0 Å². The third-order valence-electron chi connectivity index (χ3n) is 3.04. The minimum atomic E-state index is -0.485. The Labute approximate surface area is 126 Å². The zero-order valence-electron chi connectivity index (χ0n) is 11.9. The zero-order chi connectivity index (χ0) is 15.6. The first-order valence-corrected chi connectivity index (χ1v) is 6.86. The number of nitrogens with zero attached hydrogens (tertiary/aromatic N) is 4. The number of methoxy groups -OCH3 is 1. The number of ether oxygens (including phenoxy) is 1. The van der Waals surface area contributed by atoms with Crippen LogP contribution in [0.5, 0.6) is 5.75 Å². The molecule has 0 saturated carbocycles. The minimum Gasteiger partial charge on any atom is -0.490 e. The molecule has 0 radical (unpaired) electrons. The highest BCUT2D eigenvalue weighted by Crippen LogP contribution is 2.37. The van der Waals surface area contributed by atoms with Crippen molar-refractivity contribution < 1.29 is 9.66 Å².